The molecule has 7 nitrogen and oxygen atoms in total. The summed E-state index contributed by atoms with van der Waals surface area (Å²) in [6, 6.07) is 11.3. The van der Waals surface area contributed by atoms with Gasteiger partial charge in [0.25, 0.3) is 10.0 Å². The van der Waals surface area contributed by atoms with Crippen molar-refractivity contribution >= 4 is 27.3 Å². The van der Waals surface area contributed by atoms with Crippen LogP contribution in [0.5, 0.6) is 11.5 Å². The van der Waals surface area contributed by atoms with Crippen molar-refractivity contribution in [2.75, 3.05) is 37.0 Å². The number of nitrogens with zero attached hydrogens (tertiary/aromatic N) is 2. The molecule has 0 spiro atoms. The Balaban J connectivity index is 1.88. The maximum absolute atomic E-state index is 13.0. The molecule has 2 aromatic rings. The van der Waals surface area contributed by atoms with E-state index in [2.05, 4.69) is 0 Å². The van der Waals surface area contributed by atoms with Gasteiger partial charge in [-0.05, 0) is 42.8 Å². The van der Waals surface area contributed by atoms with E-state index in [0.717, 1.165) is 6.42 Å². The highest BCUT2D eigenvalue weighted by Crippen LogP contribution is 2.33. The molecule has 1 fully saturated rings. The molecule has 0 atom stereocenters. The van der Waals surface area contributed by atoms with Crippen LogP contribution in [-0.2, 0) is 14.8 Å². The van der Waals surface area contributed by atoms with E-state index in [1.165, 1.54) is 37.7 Å². The Morgan fingerprint density at radius 3 is 2.22 bits per heavy atom. The fraction of sp³-hybridized carbons (Fsp3) is 0.316. The Morgan fingerprint density at radius 2 is 1.67 bits per heavy atom. The van der Waals surface area contributed by atoms with Crippen molar-refractivity contribution in [2.24, 2.45) is 0 Å². The first-order valence-corrected chi connectivity index (χ1v) is 9.94. The molecule has 0 aromatic heterocycles. The van der Waals surface area contributed by atoms with Gasteiger partial charge in [-0.2, -0.15) is 0 Å². The van der Waals surface area contributed by atoms with Crippen molar-refractivity contribution in [2.45, 2.75) is 17.7 Å². The Bertz CT molecular complexity index is 941. The first-order valence-electron chi connectivity index (χ1n) is 8.50. The van der Waals surface area contributed by atoms with Gasteiger partial charge in [-0.3, -0.25) is 9.10 Å². The predicted molar refractivity (Wildman–Crippen MR) is 103 cm³/mol. The van der Waals surface area contributed by atoms with Gasteiger partial charge in [-0.25, -0.2) is 8.42 Å². The number of amides is 1. The minimum absolute atomic E-state index is 0.0630. The predicted octanol–water partition coefficient (Wildman–Crippen LogP) is 2.66. The van der Waals surface area contributed by atoms with Crippen molar-refractivity contribution in [3.05, 3.63) is 42.5 Å². The van der Waals surface area contributed by atoms with E-state index in [1.807, 2.05) is 0 Å². The topological polar surface area (TPSA) is 76.2 Å². The van der Waals surface area contributed by atoms with E-state index >= 15 is 0 Å². The lowest BCUT2D eigenvalue weighted by atomic mass is 10.3. The molecule has 1 saturated heterocycles. The third kappa shape index (κ3) is 3.57. The summed E-state index contributed by atoms with van der Waals surface area (Å²) in [5, 5.41) is 0. The van der Waals surface area contributed by atoms with Gasteiger partial charge in [0.15, 0.2) is 11.5 Å². The standard InChI is InChI=1S/C19H22N2O5S/c1-20(15-8-11-17(25-2)18(13-15)26-3)27(23,24)16-9-6-14(7-10-16)21-12-4-5-19(21)22/h6-11,13H,4-5,12H2,1-3H3. The van der Waals surface area contributed by atoms with Crippen LogP contribution < -0.4 is 18.7 Å². The number of carbonyl (C=O) groups is 1. The molecule has 0 radical (unpaired) electrons. The average Bonchev–Trinajstić information content (AvgIpc) is 3.12. The molecule has 0 saturated carbocycles. The molecule has 1 aliphatic heterocycles. The molecule has 8 heteroatoms. The minimum atomic E-state index is -3.76. The van der Waals surface area contributed by atoms with Gasteiger partial charge in [-0.15, -0.1) is 0 Å². The Hall–Kier alpha value is -2.74. The van der Waals surface area contributed by atoms with E-state index in [0.29, 0.717) is 35.8 Å². The summed E-state index contributed by atoms with van der Waals surface area (Å²) >= 11 is 0. The molecule has 0 N–H and O–H groups in total. The van der Waals surface area contributed by atoms with E-state index in [-0.39, 0.29) is 10.8 Å². The molecule has 1 heterocycles. The summed E-state index contributed by atoms with van der Waals surface area (Å²) in [4.78, 5) is 13.7. The van der Waals surface area contributed by atoms with Gasteiger partial charge in [0.2, 0.25) is 5.91 Å². The number of benzene rings is 2. The van der Waals surface area contributed by atoms with Crippen LogP contribution in [0.25, 0.3) is 0 Å². The second kappa shape index (κ2) is 7.48. The summed E-state index contributed by atoms with van der Waals surface area (Å²) < 4.78 is 37.5. The molecule has 0 bridgehead atoms. The maximum Gasteiger partial charge on any atom is 0.264 e. The first kappa shape index (κ1) is 19.0. The Kier molecular flexibility index (Phi) is 5.27. The molecule has 3 rings (SSSR count). The van der Waals surface area contributed by atoms with Crippen LogP contribution in [0.4, 0.5) is 11.4 Å². The van der Waals surface area contributed by atoms with Crippen molar-refractivity contribution in [3.63, 3.8) is 0 Å². The average molecular weight is 390 g/mol. The fourth-order valence-electron chi connectivity index (χ4n) is 3.04. The second-order valence-electron chi connectivity index (χ2n) is 6.15. The molecule has 1 aliphatic rings. The van der Waals surface area contributed by atoms with Crippen molar-refractivity contribution in [1.29, 1.82) is 0 Å². The Labute approximate surface area is 159 Å². The summed E-state index contributed by atoms with van der Waals surface area (Å²) in [6.45, 7) is 0.663. The number of carbonyl (C=O) groups excluding carboxylic acids is 1. The molecule has 2 aromatic carbocycles. The minimum Gasteiger partial charge on any atom is -0.493 e. The summed E-state index contributed by atoms with van der Waals surface area (Å²) in [6.07, 6.45) is 1.35. The van der Waals surface area contributed by atoms with Crippen LogP contribution in [0.15, 0.2) is 47.4 Å². The molecular weight excluding hydrogens is 368 g/mol. The maximum atomic E-state index is 13.0. The number of ether oxygens (including phenoxy) is 2. The van der Waals surface area contributed by atoms with E-state index < -0.39 is 10.0 Å². The largest absolute Gasteiger partial charge is 0.493 e. The Morgan fingerprint density at radius 1 is 1.00 bits per heavy atom. The molecule has 1 amide bonds. The van der Waals surface area contributed by atoms with Gasteiger partial charge in [0, 0.05) is 31.8 Å². The van der Waals surface area contributed by atoms with E-state index in [4.69, 9.17) is 9.47 Å². The number of hydrogen-bond acceptors (Lipinski definition) is 5. The van der Waals surface area contributed by atoms with E-state index in [9.17, 15) is 13.2 Å². The molecular formula is C19H22N2O5S. The van der Waals surface area contributed by atoms with Crippen molar-refractivity contribution in [3.8, 4) is 11.5 Å². The summed E-state index contributed by atoms with van der Waals surface area (Å²) in [5.41, 5.74) is 1.16. The number of methoxy groups -OCH3 is 2. The third-order valence-corrected chi connectivity index (χ3v) is 6.41. The van der Waals surface area contributed by atoms with Crippen LogP contribution >= 0.6 is 0 Å². The smallest absolute Gasteiger partial charge is 0.264 e. The highest BCUT2D eigenvalue weighted by Gasteiger charge is 2.25. The van der Waals surface area contributed by atoms with Crippen LogP contribution in [0.3, 0.4) is 0 Å². The third-order valence-electron chi connectivity index (χ3n) is 4.61. The second-order valence-corrected chi connectivity index (χ2v) is 8.12. The molecule has 144 valence electrons. The lowest BCUT2D eigenvalue weighted by Crippen LogP contribution is -2.27. The quantitative estimate of drug-likeness (QED) is 0.758. The molecule has 0 unspecified atom stereocenters. The van der Waals surface area contributed by atoms with Crippen LogP contribution in [-0.4, -0.2) is 42.1 Å². The normalized spacial score (nSPS) is 14.3. The van der Waals surface area contributed by atoms with Gasteiger partial charge < -0.3 is 14.4 Å². The van der Waals surface area contributed by atoms with Crippen LogP contribution in [0, 0.1) is 0 Å². The van der Waals surface area contributed by atoms with Crippen molar-refractivity contribution < 1.29 is 22.7 Å². The number of hydrogen-bond donors (Lipinski definition) is 0. The zero-order valence-electron chi connectivity index (χ0n) is 15.5. The highest BCUT2D eigenvalue weighted by molar-refractivity contribution is 7.92. The lowest BCUT2D eigenvalue weighted by Gasteiger charge is -2.21. The van der Waals surface area contributed by atoms with Crippen LogP contribution in [0.1, 0.15) is 12.8 Å². The summed E-state index contributed by atoms with van der Waals surface area (Å²) in [5.74, 6) is 1.03. The zero-order chi connectivity index (χ0) is 19.6. The van der Waals surface area contributed by atoms with Gasteiger partial charge in [0.1, 0.15) is 0 Å². The summed E-state index contributed by atoms with van der Waals surface area (Å²) in [7, 11) is 0.737. The van der Waals surface area contributed by atoms with Crippen molar-refractivity contribution in [1.82, 2.24) is 0 Å². The fourth-order valence-corrected chi connectivity index (χ4v) is 4.22. The zero-order valence-corrected chi connectivity index (χ0v) is 16.3. The van der Waals surface area contributed by atoms with Gasteiger partial charge >= 0.3 is 0 Å². The number of rotatable bonds is 6. The monoisotopic (exact) mass is 390 g/mol. The molecule has 27 heavy (non-hydrogen) atoms. The lowest BCUT2D eigenvalue weighted by molar-refractivity contribution is -0.117. The number of anilines is 2. The number of sulfonamides is 1. The van der Waals surface area contributed by atoms with Gasteiger partial charge in [0.05, 0.1) is 24.8 Å². The van der Waals surface area contributed by atoms with E-state index in [1.54, 1.807) is 35.2 Å². The first-order chi connectivity index (χ1) is 12.9. The highest BCUT2D eigenvalue weighted by atomic mass is 32.2. The van der Waals surface area contributed by atoms with Crippen LogP contribution in [0.2, 0.25) is 0 Å². The van der Waals surface area contributed by atoms with Gasteiger partial charge in [-0.1, -0.05) is 0 Å². The molecule has 0 aliphatic carbocycles. The SMILES string of the molecule is COc1ccc(N(C)S(=O)(=O)c2ccc(N3CCCC3=O)cc2)cc1OC.